The molecule has 0 spiro atoms. The lowest BCUT2D eigenvalue weighted by Gasteiger charge is -2.40. The van der Waals surface area contributed by atoms with Crippen molar-refractivity contribution in [1.82, 2.24) is 19.7 Å². The molecule has 0 unspecified atom stereocenters. The average molecular weight is 601 g/mol. The van der Waals surface area contributed by atoms with E-state index in [9.17, 15) is 24.6 Å². The van der Waals surface area contributed by atoms with Gasteiger partial charge in [0.15, 0.2) is 0 Å². The second kappa shape index (κ2) is 17.7. The zero-order valence-corrected chi connectivity index (χ0v) is 27.0. The number of pyridine rings is 1. The first-order chi connectivity index (χ1) is 20.5. The Hall–Kier alpha value is -2.52. The predicted molar refractivity (Wildman–Crippen MR) is 168 cm³/mol. The monoisotopic (exact) mass is 600 g/mol. The fourth-order valence-electron chi connectivity index (χ4n) is 6.75. The van der Waals surface area contributed by atoms with Crippen LogP contribution in [0.4, 0.5) is 0 Å². The average Bonchev–Trinajstić information content (AvgIpc) is 3.50. The fraction of sp³-hybridized carbons (Fsp3) is 0.765. The molecule has 3 amide bonds. The number of aliphatic hydroxyl groups is 2. The van der Waals surface area contributed by atoms with E-state index in [0.717, 1.165) is 56.9 Å². The first-order valence-electron chi connectivity index (χ1n) is 16.6. The van der Waals surface area contributed by atoms with E-state index >= 15 is 0 Å². The molecule has 0 bridgehead atoms. The molecular formula is C34H56N4O5. The molecule has 0 aliphatic heterocycles. The van der Waals surface area contributed by atoms with Crippen molar-refractivity contribution in [2.24, 2.45) is 17.8 Å². The molecule has 242 valence electrons. The number of hydrogen-bond donors (Lipinski definition) is 2. The quantitative estimate of drug-likeness (QED) is 0.291. The van der Waals surface area contributed by atoms with E-state index in [0.29, 0.717) is 31.2 Å². The largest absolute Gasteiger partial charge is 0.390 e. The Balaban J connectivity index is 1.82. The van der Waals surface area contributed by atoms with Gasteiger partial charge in [0, 0.05) is 52.4 Å². The van der Waals surface area contributed by atoms with Gasteiger partial charge in [-0.1, -0.05) is 64.9 Å². The van der Waals surface area contributed by atoms with E-state index in [1.54, 1.807) is 36.3 Å². The van der Waals surface area contributed by atoms with E-state index in [-0.39, 0.29) is 49.6 Å². The fourth-order valence-corrected chi connectivity index (χ4v) is 6.75. The topological polar surface area (TPSA) is 114 Å². The van der Waals surface area contributed by atoms with Gasteiger partial charge in [0.2, 0.25) is 17.7 Å². The van der Waals surface area contributed by atoms with Crippen molar-refractivity contribution < 1.29 is 24.6 Å². The van der Waals surface area contributed by atoms with Gasteiger partial charge in [-0.05, 0) is 55.1 Å². The second-order valence-electron chi connectivity index (χ2n) is 13.6. The molecule has 2 N–H and O–H groups in total. The van der Waals surface area contributed by atoms with Crippen molar-refractivity contribution in [3.63, 3.8) is 0 Å². The third kappa shape index (κ3) is 11.5. The van der Waals surface area contributed by atoms with Gasteiger partial charge in [-0.3, -0.25) is 19.4 Å². The summed E-state index contributed by atoms with van der Waals surface area (Å²) in [5, 5.41) is 22.6. The predicted octanol–water partition coefficient (Wildman–Crippen LogP) is 4.40. The highest BCUT2D eigenvalue weighted by Gasteiger charge is 2.36. The zero-order chi connectivity index (χ0) is 31.4. The molecule has 1 heterocycles. The highest BCUT2D eigenvalue weighted by atomic mass is 16.3. The minimum atomic E-state index is -1.10. The van der Waals surface area contributed by atoms with E-state index in [1.165, 1.54) is 11.3 Å². The van der Waals surface area contributed by atoms with Crippen LogP contribution in [0.5, 0.6) is 0 Å². The van der Waals surface area contributed by atoms with Crippen LogP contribution in [0.25, 0.3) is 0 Å². The maximum atomic E-state index is 14.0. The molecule has 2 aliphatic rings. The Morgan fingerprint density at radius 1 is 0.907 bits per heavy atom. The number of carbonyl (C=O) groups excluding carboxylic acids is 3. The van der Waals surface area contributed by atoms with Crippen molar-refractivity contribution in [3.8, 4) is 0 Å². The summed E-state index contributed by atoms with van der Waals surface area (Å²) in [5.74, 6) is 0.384. The minimum Gasteiger partial charge on any atom is -0.390 e. The first kappa shape index (κ1) is 35.0. The van der Waals surface area contributed by atoms with Gasteiger partial charge < -0.3 is 24.9 Å². The normalized spacial score (nSPS) is 18.3. The number of aliphatic hydroxyl groups excluding tert-OH is 2. The number of hydrogen-bond acceptors (Lipinski definition) is 6. The van der Waals surface area contributed by atoms with Crippen LogP contribution in [0.3, 0.4) is 0 Å². The van der Waals surface area contributed by atoms with E-state index < -0.39 is 18.2 Å². The maximum Gasteiger partial charge on any atom is 0.241 e. The Morgan fingerprint density at radius 3 is 2.14 bits per heavy atom. The minimum absolute atomic E-state index is 0.00338. The highest BCUT2D eigenvalue weighted by molar-refractivity contribution is 5.87. The van der Waals surface area contributed by atoms with Gasteiger partial charge in [0.1, 0.15) is 6.10 Å². The lowest BCUT2D eigenvalue weighted by atomic mass is 9.81. The summed E-state index contributed by atoms with van der Waals surface area (Å²) in [4.78, 5) is 49.2. The van der Waals surface area contributed by atoms with Crippen LogP contribution in [-0.4, -0.2) is 93.1 Å². The lowest BCUT2D eigenvalue weighted by Crippen LogP contribution is -2.52. The van der Waals surface area contributed by atoms with Crippen LogP contribution in [-0.2, 0) is 20.9 Å². The molecule has 0 saturated heterocycles. The smallest absolute Gasteiger partial charge is 0.241 e. The van der Waals surface area contributed by atoms with Crippen molar-refractivity contribution >= 4 is 17.7 Å². The van der Waals surface area contributed by atoms with Crippen molar-refractivity contribution in [2.45, 2.75) is 122 Å². The van der Waals surface area contributed by atoms with Gasteiger partial charge in [-0.15, -0.1) is 0 Å². The third-order valence-corrected chi connectivity index (χ3v) is 9.28. The van der Waals surface area contributed by atoms with Gasteiger partial charge in [-0.2, -0.15) is 0 Å². The summed E-state index contributed by atoms with van der Waals surface area (Å²) in [6.45, 7) is 4.81. The summed E-state index contributed by atoms with van der Waals surface area (Å²) in [6, 6.07) is 3.15. The van der Waals surface area contributed by atoms with Crippen LogP contribution in [0, 0.1) is 17.8 Å². The number of aromatic nitrogens is 1. The summed E-state index contributed by atoms with van der Waals surface area (Å²) in [5.41, 5.74) is 0.834. The van der Waals surface area contributed by atoms with Gasteiger partial charge >= 0.3 is 0 Å². The van der Waals surface area contributed by atoms with E-state index in [2.05, 4.69) is 4.98 Å². The number of amides is 3. The molecule has 3 atom stereocenters. The van der Waals surface area contributed by atoms with Crippen LogP contribution in [0.2, 0.25) is 0 Å². The summed E-state index contributed by atoms with van der Waals surface area (Å²) in [6.07, 6.45) is 12.3. The molecule has 0 radical (unpaired) electrons. The third-order valence-electron chi connectivity index (χ3n) is 9.28. The molecule has 2 saturated carbocycles. The molecule has 2 fully saturated rings. The Morgan fingerprint density at radius 2 is 1.53 bits per heavy atom. The van der Waals surface area contributed by atoms with Crippen molar-refractivity contribution in [3.05, 3.63) is 30.1 Å². The standard InChI is InChI=1S/C34H56N4O5/c1-25(2)19-30(39)34(43)29(20-26-11-6-5-7-12-26)38(23-28-15-10-18-35-21-28)32(41)17-16-31(40)37(24-33(42)36(3)4)22-27-13-8-9-14-27/h10,15,18,21,25-27,29-30,34,39,43H,5-9,11-14,16-17,19-20,22-24H2,1-4H3/t29-,30-,34+/m0/s1. The summed E-state index contributed by atoms with van der Waals surface area (Å²) in [7, 11) is 3.37. The number of likely N-dealkylation sites (N-methyl/N-ethyl adjacent to an activating group) is 1. The molecule has 3 rings (SSSR count). The van der Waals surface area contributed by atoms with Crippen LogP contribution < -0.4 is 0 Å². The number of carbonyl (C=O) groups is 3. The number of rotatable bonds is 16. The van der Waals surface area contributed by atoms with E-state index in [4.69, 9.17) is 0 Å². The number of nitrogens with zero attached hydrogens (tertiary/aromatic N) is 4. The molecular weight excluding hydrogens is 544 g/mol. The molecule has 9 nitrogen and oxygen atoms in total. The molecule has 1 aromatic heterocycles. The molecule has 43 heavy (non-hydrogen) atoms. The zero-order valence-electron chi connectivity index (χ0n) is 27.0. The highest BCUT2D eigenvalue weighted by Crippen LogP contribution is 2.32. The van der Waals surface area contributed by atoms with Crippen molar-refractivity contribution in [2.75, 3.05) is 27.2 Å². The molecule has 0 aromatic carbocycles. The van der Waals surface area contributed by atoms with Gasteiger partial charge in [0.25, 0.3) is 0 Å². The summed E-state index contributed by atoms with van der Waals surface area (Å²) < 4.78 is 0. The van der Waals surface area contributed by atoms with Crippen LogP contribution in [0.1, 0.15) is 103 Å². The Labute approximate surface area is 259 Å². The van der Waals surface area contributed by atoms with E-state index in [1.807, 2.05) is 26.0 Å². The Kier molecular flexibility index (Phi) is 14.4. The summed E-state index contributed by atoms with van der Waals surface area (Å²) >= 11 is 0. The van der Waals surface area contributed by atoms with Crippen molar-refractivity contribution in [1.29, 1.82) is 0 Å². The SMILES string of the molecule is CC(C)C[C@H](O)[C@H](O)[C@H](CC1CCCCC1)N(Cc1cccnc1)C(=O)CCC(=O)N(CC(=O)N(C)C)CC1CCCC1. The second-order valence-corrected chi connectivity index (χ2v) is 13.6. The van der Waals surface area contributed by atoms with Crippen LogP contribution in [0.15, 0.2) is 24.5 Å². The van der Waals surface area contributed by atoms with Gasteiger partial charge in [0.05, 0.1) is 18.7 Å². The maximum absolute atomic E-state index is 14.0. The molecule has 9 heteroatoms. The molecule has 1 aromatic rings. The lowest BCUT2D eigenvalue weighted by molar-refractivity contribution is -0.145. The molecule has 2 aliphatic carbocycles. The van der Waals surface area contributed by atoms with Crippen LogP contribution >= 0.6 is 0 Å². The Bertz CT molecular complexity index is 992. The first-order valence-corrected chi connectivity index (χ1v) is 16.6. The van der Waals surface area contributed by atoms with Gasteiger partial charge in [-0.25, -0.2) is 0 Å².